The Morgan fingerprint density at radius 3 is 1.54 bits per heavy atom. The Morgan fingerprint density at radius 1 is 0.481 bits per heavy atom. The molecule has 13 rings (SSSR count). The fraction of sp³-hybridized carbons (Fsp3) is 0.811. The van der Waals surface area contributed by atoms with Crippen LogP contribution < -0.4 is 0 Å². The van der Waals surface area contributed by atoms with E-state index in [0.717, 1.165) is 6.08 Å². The molecule has 0 spiro atoms. The molecule has 34 atom stereocenters. The van der Waals surface area contributed by atoms with E-state index in [2.05, 4.69) is 0 Å². The number of aromatic hydroxyl groups is 1. The molecule has 3 aliphatic carbocycles. The third-order valence-electron chi connectivity index (χ3n) is 23.3. The van der Waals surface area contributed by atoms with E-state index in [0.29, 0.717) is 44.9 Å². The number of fused-ring (bicyclic) bond motifs is 3. The third-order valence-corrected chi connectivity index (χ3v) is 23.3. The standard InChI is InChI=1S/C74H106O30/c1-31-43(75)14-18-55(89-31)99-51-27-60(93-36(6)64(51)80)97-47-15-19-56(90-33(47)3)100-52-28-61(94-37(7)65(52)81)98-48-17-21-58(92-34(48)4)104-72(10)29-54(79)74(86)63-42(22-23-73(74,85)30-72)67(83)62-41(68(63)84)13-12-40(66(62)82)50-25-45(77)69(38(8)88-50)103-59-26-46(78)70(39(9)95-59)102-57-20-16-49(35(5)91-57)101-71-53(87-11)24-44(76)32(2)96-71/h12-13,22-23,31-39,43,45-53,55-61,64-65,69-71,75,77-78,80-82,85-86H,14-21,24-30H2,1-11H3/t31-,32-,33-,34-,35-,36+,37+,38+,39-,43-,45+,46-,47-,48-,49-,50+,51+,52+,53?,55-,56-,57-,58-,59-,60-,61-,64+,65+,69+,70+,71-,72-,73-,74-/m0/s1. The van der Waals surface area contributed by atoms with Gasteiger partial charge in [0.05, 0.1) is 121 Å². The van der Waals surface area contributed by atoms with E-state index >= 15 is 0 Å². The molecule has 0 amide bonds. The Bertz CT molecular complexity index is 3290. The zero-order valence-corrected chi connectivity index (χ0v) is 60.9. The lowest BCUT2D eigenvalue weighted by molar-refractivity contribution is -0.333. The molecule has 1 unspecified atom stereocenters. The first kappa shape index (κ1) is 78.3. The van der Waals surface area contributed by atoms with Crippen LogP contribution >= 0.6 is 0 Å². The van der Waals surface area contributed by atoms with Gasteiger partial charge in [-0.05, 0) is 107 Å². The van der Waals surface area contributed by atoms with Gasteiger partial charge in [-0.25, -0.2) is 0 Å². The van der Waals surface area contributed by atoms with Crippen molar-refractivity contribution in [2.45, 2.75) is 373 Å². The van der Waals surface area contributed by atoms with Crippen LogP contribution in [-0.2, 0) is 94.9 Å². The molecule has 9 aliphatic heterocycles. The lowest BCUT2D eigenvalue weighted by Gasteiger charge is -2.53. The molecule has 10 fully saturated rings. The van der Waals surface area contributed by atoms with E-state index in [9.17, 15) is 60.0 Å². The summed E-state index contributed by atoms with van der Waals surface area (Å²) in [5.74, 6) is -3.52. The van der Waals surface area contributed by atoms with Gasteiger partial charge < -0.3 is 126 Å². The van der Waals surface area contributed by atoms with E-state index in [4.69, 9.17) is 85.3 Å². The quantitative estimate of drug-likeness (QED) is 0.104. The van der Waals surface area contributed by atoms with Crippen LogP contribution in [0.15, 0.2) is 35.4 Å². The van der Waals surface area contributed by atoms with Gasteiger partial charge in [0.25, 0.3) is 0 Å². The van der Waals surface area contributed by atoms with Crippen molar-refractivity contribution in [2.75, 3.05) is 7.11 Å². The molecule has 582 valence electrons. The minimum Gasteiger partial charge on any atom is -0.507 e. The van der Waals surface area contributed by atoms with Crippen molar-refractivity contribution in [1.82, 2.24) is 0 Å². The predicted molar refractivity (Wildman–Crippen MR) is 355 cm³/mol. The van der Waals surface area contributed by atoms with Crippen molar-refractivity contribution in [3.63, 3.8) is 0 Å². The van der Waals surface area contributed by atoms with Crippen molar-refractivity contribution in [2.24, 2.45) is 0 Å². The second-order valence-electron chi connectivity index (χ2n) is 31.0. The monoisotopic (exact) mass is 1470 g/mol. The molecule has 0 bridgehead atoms. The summed E-state index contributed by atoms with van der Waals surface area (Å²) < 4.78 is 112. The number of ketones is 4. The number of hydrogen-bond acceptors (Lipinski definition) is 30. The zero-order valence-electron chi connectivity index (χ0n) is 60.9. The van der Waals surface area contributed by atoms with Crippen molar-refractivity contribution < 1.29 is 145 Å². The lowest BCUT2D eigenvalue weighted by Crippen LogP contribution is -2.69. The summed E-state index contributed by atoms with van der Waals surface area (Å²) in [5, 5.41) is 92.4. The van der Waals surface area contributed by atoms with Crippen LogP contribution in [-0.4, -0.2) is 273 Å². The summed E-state index contributed by atoms with van der Waals surface area (Å²) >= 11 is 0. The smallest absolute Gasteiger partial charge is 0.198 e. The maximum Gasteiger partial charge on any atom is 0.198 e. The van der Waals surface area contributed by atoms with E-state index in [1.165, 1.54) is 25.3 Å². The van der Waals surface area contributed by atoms with Gasteiger partial charge in [-0.3, -0.25) is 19.2 Å². The van der Waals surface area contributed by atoms with Crippen LogP contribution in [0, 0.1) is 0 Å². The normalized spacial score (nSPS) is 48.2. The number of carbonyl (C=O) groups is 4. The van der Waals surface area contributed by atoms with Crippen LogP contribution in [0.2, 0.25) is 0 Å². The maximum absolute atomic E-state index is 14.7. The second kappa shape index (κ2) is 31.5. The van der Waals surface area contributed by atoms with Crippen LogP contribution in [0.4, 0.5) is 0 Å². The highest BCUT2D eigenvalue weighted by Crippen LogP contribution is 2.54. The average molecular weight is 1480 g/mol. The Labute approximate surface area is 604 Å². The molecule has 104 heavy (non-hydrogen) atoms. The molecule has 8 N–H and O–H groups in total. The highest BCUT2D eigenvalue weighted by Gasteiger charge is 2.67. The first-order valence-electron chi connectivity index (χ1n) is 37.3. The van der Waals surface area contributed by atoms with Crippen molar-refractivity contribution in [1.29, 1.82) is 0 Å². The fourth-order valence-electron chi connectivity index (χ4n) is 17.3. The van der Waals surface area contributed by atoms with Gasteiger partial charge in [-0.15, -0.1) is 0 Å². The summed E-state index contributed by atoms with van der Waals surface area (Å²) in [6.45, 7) is 17.4. The number of allylic oxidation sites excluding steroid dienone is 2. The summed E-state index contributed by atoms with van der Waals surface area (Å²) in [5.41, 5.74) is -8.53. The third kappa shape index (κ3) is 15.8. The summed E-state index contributed by atoms with van der Waals surface area (Å²) in [7, 11) is 1.50. The number of carbonyl (C=O) groups excluding carboxylic acids is 4. The maximum atomic E-state index is 14.7. The summed E-state index contributed by atoms with van der Waals surface area (Å²) in [4.78, 5) is 56.2. The largest absolute Gasteiger partial charge is 0.507 e. The SMILES string of the molecule is COC1CC(=O)[C@H](C)O[C@H]1O[C@H]1CC[C@H](O[C@@H]2[C@H](C)O[C@@H](O[C@H]3[C@H](O)C[C@H](c4ccc5c(c4O)C(=O)C4=C(C5=O)[C@@]5(O)C(=O)C[C@](C)(O[C@H]6CC[C@H](O[C@H]7C[C@@H](O[C@H]8CC[C@H](O[C@H]9C[C@@H](O[C@H]%10CC[C@H](O)[C@H](C)O%10)[C@H](O)[C@@H](C)O9)[C@H](C)O8)[C@H](O)[C@@H](C)O7)[C@H](C)O6)C[C@@]5(O)C=C4)O[C@@H]3C)C[C@@H]2O)O[C@H]1C. The highest BCUT2D eigenvalue weighted by atomic mass is 16.8. The predicted octanol–water partition coefficient (Wildman–Crippen LogP) is 3.81. The van der Waals surface area contributed by atoms with Gasteiger partial charge in [-0.1, -0.05) is 12.1 Å². The van der Waals surface area contributed by atoms with E-state index in [1.54, 1.807) is 55.4 Å². The minimum atomic E-state index is -2.91. The summed E-state index contributed by atoms with van der Waals surface area (Å²) in [6.07, 6.45) is -16.6. The van der Waals surface area contributed by atoms with Gasteiger partial charge >= 0.3 is 0 Å². The molecular weight excluding hydrogens is 1370 g/mol. The number of benzene rings is 1. The minimum absolute atomic E-state index is 0.0248. The lowest BCUT2D eigenvalue weighted by atomic mass is 9.57. The number of rotatable bonds is 18. The Balaban J connectivity index is 0.569. The number of phenols is 1. The Kier molecular flexibility index (Phi) is 23.7. The van der Waals surface area contributed by atoms with Crippen molar-refractivity contribution in [3.8, 4) is 5.75 Å². The molecule has 9 saturated heterocycles. The zero-order chi connectivity index (χ0) is 74.3. The highest BCUT2D eigenvalue weighted by molar-refractivity contribution is 6.32. The number of aliphatic hydroxyl groups is 7. The molecule has 30 nitrogen and oxygen atoms in total. The van der Waals surface area contributed by atoms with Gasteiger partial charge in [0.1, 0.15) is 48.0 Å². The Hall–Kier alpha value is -3.82. The van der Waals surface area contributed by atoms with Crippen LogP contribution in [0.3, 0.4) is 0 Å². The molecular formula is C74H106O30. The molecule has 12 aliphatic rings. The van der Waals surface area contributed by atoms with Crippen LogP contribution in [0.1, 0.15) is 198 Å². The number of phenolic OH excluding ortho intramolecular Hbond substituents is 1. The number of aliphatic hydroxyl groups excluding tert-OH is 5. The molecule has 1 aromatic rings. The fourth-order valence-corrected chi connectivity index (χ4v) is 17.3. The van der Waals surface area contributed by atoms with E-state index in [1.807, 2.05) is 13.8 Å². The molecule has 1 aromatic carbocycles. The van der Waals surface area contributed by atoms with Gasteiger partial charge in [0.2, 0.25) is 0 Å². The van der Waals surface area contributed by atoms with E-state index < -0.39 is 248 Å². The molecule has 9 heterocycles. The molecule has 30 heteroatoms. The number of ether oxygens (including phenoxy) is 18. The molecule has 0 aromatic heterocycles. The van der Waals surface area contributed by atoms with Gasteiger partial charge in [0.15, 0.2) is 79.1 Å². The average Bonchev–Trinajstić information content (AvgIpc) is 0.687. The number of hydrogen-bond donors (Lipinski definition) is 8. The number of methoxy groups -OCH3 is 1. The molecule has 0 radical (unpaired) electrons. The van der Waals surface area contributed by atoms with Crippen LogP contribution in [0.5, 0.6) is 5.75 Å². The van der Waals surface area contributed by atoms with Gasteiger partial charge in [0, 0.05) is 94.4 Å². The van der Waals surface area contributed by atoms with E-state index in [-0.39, 0.29) is 67.6 Å². The molecule has 1 saturated carbocycles. The topological polar surface area (TPSA) is 396 Å². The van der Waals surface area contributed by atoms with Gasteiger partial charge in [-0.2, -0.15) is 0 Å². The summed E-state index contributed by atoms with van der Waals surface area (Å²) in [6, 6.07) is 2.65. The van der Waals surface area contributed by atoms with Crippen LogP contribution in [0.25, 0.3) is 0 Å². The Morgan fingerprint density at radius 2 is 0.971 bits per heavy atom. The number of Topliss-reactive ketones (excluding diaryl/α,β-unsaturated/α-hetero) is 4. The second-order valence-corrected chi connectivity index (χ2v) is 31.0. The first-order chi connectivity index (χ1) is 49.3. The first-order valence-corrected chi connectivity index (χ1v) is 37.3. The van der Waals surface area contributed by atoms with Crippen molar-refractivity contribution in [3.05, 3.63) is 52.1 Å². The van der Waals surface area contributed by atoms with Crippen molar-refractivity contribution >= 4 is 23.1 Å².